The lowest BCUT2D eigenvalue weighted by atomic mass is 9.92. The van der Waals surface area contributed by atoms with Gasteiger partial charge >= 0.3 is 0 Å². The predicted octanol–water partition coefficient (Wildman–Crippen LogP) is 3.26. The minimum atomic E-state index is 0.334. The van der Waals surface area contributed by atoms with Gasteiger partial charge in [-0.3, -0.25) is 0 Å². The summed E-state index contributed by atoms with van der Waals surface area (Å²) in [4.78, 5) is 0. The zero-order chi connectivity index (χ0) is 11.6. The first-order chi connectivity index (χ1) is 7.54. The fraction of sp³-hybridized carbons (Fsp3) is 0.538. The lowest BCUT2D eigenvalue weighted by Crippen LogP contribution is -2.12. The molecule has 0 unspecified atom stereocenters. The van der Waals surface area contributed by atoms with Crippen molar-refractivity contribution >= 4 is 5.69 Å². The number of benzene rings is 1. The van der Waals surface area contributed by atoms with Crippen LogP contribution in [-0.4, -0.2) is 13.3 Å². The molecular formula is C13H19NO2. The predicted molar refractivity (Wildman–Crippen MR) is 65.1 cm³/mol. The number of anilines is 1. The summed E-state index contributed by atoms with van der Waals surface area (Å²) in [6.07, 6.45) is 1.14. The second kappa shape index (κ2) is 4.24. The summed E-state index contributed by atoms with van der Waals surface area (Å²) >= 11 is 0. The number of hydrogen-bond acceptors (Lipinski definition) is 3. The lowest BCUT2D eigenvalue weighted by molar-refractivity contribution is 0.174. The van der Waals surface area contributed by atoms with E-state index in [9.17, 15) is 0 Å². The molecule has 0 radical (unpaired) electrons. The van der Waals surface area contributed by atoms with Gasteiger partial charge in [-0.25, -0.2) is 0 Å². The molecular weight excluding hydrogens is 202 g/mol. The first kappa shape index (κ1) is 11.1. The van der Waals surface area contributed by atoms with Crippen LogP contribution in [-0.2, 0) is 0 Å². The van der Waals surface area contributed by atoms with Crippen LogP contribution in [0, 0.1) is 5.41 Å². The number of nitrogens with one attached hydrogen (secondary N) is 1. The Morgan fingerprint density at radius 1 is 1.19 bits per heavy atom. The standard InChI is InChI=1S/C13H19NO2/c1-13(2,3)6-7-14-10-4-5-11-12(8-10)16-9-15-11/h4-5,8,14H,6-7,9H2,1-3H3. The van der Waals surface area contributed by atoms with Gasteiger partial charge in [-0.15, -0.1) is 0 Å². The van der Waals surface area contributed by atoms with E-state index in [1.807, 2.05) is 18.2 Å². The molecule has 0 aliphatic carbocycles. The van der Waals surface area contributed by atoms with Crippen LogP contribution in [0.1, 0.15) is 27.2 Å². The van der Waals surface area contributed by atoms with Crippen LogP contribution >= 0.6 is 0 Å². The summed E-state index contributed by atoms with van der Waals surface area (Å²) in [5.74, 6) is 1.67. The molecule has 0 aromatic heterocycles. The van der Waals surface area contributed by atoms with Gasteiger partial charge in [-0.05, 0) is 24.0 Å². The zero-order valence-corrected chi connectivity index (χ0v) is 10.2. The van der Waals surface area contributed by atoms with Crippen molar-refractivity contribution < 1.29 is 9.47 Å². The molecule has 3 nitrogen and oxygen atoms in total. The Labute approximate surface area is 96.8 Å². The van der Waals surface area contributed by atoms with Gasteiger partial charge in [0.25, 0.3) is 0 Å². The average molecular weight is 221 g/mol. The topological polar surface area (TPSA) is 30.5 Å². The van der Waals surface area contributed by atoms with Gasteiger partial charge in [0.15, 0.2) is 11.5 Å². The van der Waals surface area contributed by atoms with Crippen LogP contribution in [0.2, 0.25) is 0 Å². The molecule has 16 heavy (non-hydrogen) atoms. The van der Waals surface area contributed by atoms with Crippen LogP contribution in [0.3, 0.4) is 0 Å². The smallest absolute Gasteiger partial charge is 0.231 e. The molecule has 1 aliphatic heterocycles. The van der Waals surface area contributed by atoms with Gasteiger partial charge in [0.2, 0.25) is 6.79 Å². The third kappa shape index (κ3) is 2.81. The normalized spacial score (nSPS) is 13.9. The molecule has 1 aromatic rings. The highest BCUT2D eigenvalue weighted by Crippen LogP contribution is 2.34. The van der Waals surface area contributed by atoms with Crippen molar-refractivity contribution in [3.63, 3.8) is 0 Å². The maximum absolute atomic E-state index is 5.32. The fourth-order valence-corrected chi connectivity index (χ4v) is 1.59. The quantitative estimate of drug-likeness (QED) is 0.849. The van der Waals surface area contributed by atoms with E-state index >= 15 is 0 Å². The molecule has 3 heteroatoms. The Morgan fingerprint density at radius 2 is 1.94 bits per heavy atom. The Balaban J connectivity index is 1.91. The van der Waals surface area contributed by atoms with Crippen LogP contribution in [0.5, 0.6) is 11.5 Å². The van der Waals surface area contributed by atoms with E-state index in [2.05, 4.69) is 26.1 Å². The molecule has 0 spiro atoms. The van der Waals surface area contributed by atoms with Crippen LogP contribution in [0.25, 0.3) is 0 Å². The minimum absolute atomic E-state index is 0.334. The molecule has 1 aromatic carbocycles. The van der Waals surface area contributed by atoms with Crippen molar-refractivity contribution in [2.75, 3.05) is 18.7 Å². The monoisotopic (exact) mass is 221 g/mol. The number of hydrogen-bond donors (Lipinski definition) is 1. The lowest BCUT2D eigenvalue weighted by Gasteiger charge is -2.18. The second-order valence-corrected chi connectivity index (χ2v) is 5.31. The van der Waals surface area contributed by atoms with Crippen LogP contribution in [0.4, 0.5) is 5.69 Å². The summed E-state index contributed by atoms with van der Waals surface area (Å²) in [6, 6.07) is 5.96. The number of fused-ring (bicyclic) bond motifs is 1. The Hall–Kier alpha value is -1.38. The summed E-state index contributed by atoms with van der Waals surface area (Å²) < 4.78 is 10.6. The highest BCUT2D eigenvalue weighted by Gasteiger charge is 2.13. The first-order valence-electron chi connectivity index (χ1n) is 5.68. The molecule has 1 aliphatic rings. The van der Waals surface area contributed by atoms with Crippen molar-refractivity contribution in [1.82, 2.24) is 0 Å². The van der Waals surface area contributed by atoms with E-state index in [1.54, 1.807) is 0 Å². The third-order valence-corrected chi connectivity index (χ3v) is 2.58. The highest BCUT2D eigenvalue weighted by molar-refractivity contribution is 5.55. The molecule has 1 N–H and O–H groups in total. The Kier molecular flexibility index (Phi) is 2.95. The SMILES string of the molecule is CC(C)(C)CCNc1ccc2c(c1)OCO2. The maximum Gasteiger partial charge on any atom is 0.231 e. The Bertz CT molecular complexity index is 369. The zero-order valence-electron chi connectivity index (χ0n) is 10.2. The molecule has 2 rings (SSSR count). The van der Waals surface area contributed by atoms with Crippen molar-refractivity contribution in [3.05, 3.63) is 18.2 Å². The summed E-state index contributed by atoms with van der Waals surface area (Å²) in [5.41, 5.74) is 1.46. The average Bonchev–Trinajstić information content (AvgIpc) is 2.62. The van der Waals surface area contributed by atoms with Crippen molar-refractivity contribution in [2.24, 2.45) is 5.41 Å². The minimum Gasteiger partial charge on any atom is -0.454 e. The van der Waals surface area contributed by atoms with Gasteiger partial charge in [0.1, 0.15) is 0 Å². The van der Waals surface area contributed by atoms with E-state index in [0.717, 1.165) is 30.2 Å². The highest BCUT2D eigenvalue weighted by atomic mass is 16.7. The molecule has 0 bridgehead atoms. The second-order valence-electron chi connectivity index (χ2n) is 5.31. The van der Waals surface area contributed by atoms with Crippen LogP contribution < -0.4 is 14.8 Å². The van der Waals surface area contributed by atoms with Gasteiger partial charge < -0.3 is 14.8 Å². The molecule has 0 saturated carbocycles. The largest absolute Gasteiger partial charge is 0.454 e. The molecule has 0 amide bonds. The van der Waals surface area contributed by atoms with E-state index in [0.29, 0.717) is 12.2 Å². The third-order valence-electron chi connectivity index (χ3n) is 2.58. The molecule has 0 saturated heterocycles. The van der Waals surface area contributed by atoms with Gasteiger partial charge in [-0.2, -0.15) is 0 Å². The van der Waals surface area contributed by atoms with E-state index < -0.39 is 0 Å². The van der Waals surface area contributed by atoms with Gasteiger partial charge in [-0.1, -0.05) is 20.8 Å². The first-order valence-corrected chi connectivity index (χ1v) is 5.68. The Morgan fingerprint density at radius 3 is 2.69 bits per heavy atom. The summed E-state index contributed by atoms with van der Waals surface area (Å²) in [5, 5.41) is 3.40. The fourth-order valence-electron chi connectivity index (χ4n) is 1.59. The number of rotatable bonds is 3. The van der Waals surface area contributed by atoms with Crippen molar-refractivity contribution in [1.29, 1.82) is 0 Å². The molecule has 88 valence electrons. The molecule has 1 heterocycles. The molecule has 0 fully saturated rings. The van der Waals surface area contributed by atoms with Gasteiger partial charge in [0, 0.05) is 18.3 Å². The van der Waals surface area contributed by atoms with E-state index in [-0.39, 0.29) is 0 Å². The number of ether oxygens (including phenoxy) is 2. The molecule has 0 atom stereocenters. The van der Waals surface area contributed by atoms with Crippen molar-refractivity contribution in [2.45, 2.75) is 27.2 Å². The maximum atomic E-state index is 5.32. The van der Waals surface area contributed by atoms with Gasteiger partial charge in [0.05, 0.1) is 0 Å². The summed E-state index contributed by atoms with van der Waals surface area (Å²) in [7, 11) is 0. The van der Waals surface area contributed by atoms with E-state index in [1.165, 1.54) is 0 Å². The van der Waals surface area contributed by atoms with E-state index in [4.69, 9.17) is 9.47 Å². The summed E-state index contributed by atoms with van der Waals surface area (Å²) in [6.45, 7) is 8.04. The van der Waals surface area contributed by atoms with Crippen molar-refractivity contribution in [3.8, 4) is 11.5 Å². The van der Waals surface area contributed by atoms with Crippen LogP contribution in [0.15, 0.2) is 18.2 Å².